The van der Waals surface area contributed by atoms with Crippen molar-refractivity contribution in [2.45, 2.75) is 84.6 Å². The Hall–Kier alpha value is -2.57. The normalized spacial score (nSPS) is 33.9. The SMILES string of the molecule is [2H][C@]1(CC23CCC(COC=O)(CC2)CC3)C(=O)O[C@@H](C(C)(C)C)N1C(=O)OCc1ccccc1. The molecule has 1 heterocycles. The molecule has 180 valence electrons. The zero-order chi connectivity index (χ0) is 24.6. The Morgan fingerprint density at radius 3 is 2.33 bits per heavy atom. The summed E-state index contributed by atoms with van der Waals surface area (Å²) in [5.41, 5.74) is 0.0183. The van der Waals surface area contributed by atoms with Crippen LogP contribution in [0.1, 0.15) is 72.7 Å². The molecule has 7 nitrogen and oxygen atoms in total. The van der Waals surface area contributed by atoms with Crippen molar-refractivity contribution in [3.63, 3.8) is 0 Å². The summed E-state index contributed by atoms with van der Waals surface area (Å²) in [6.07, 6.45) is 3.76. The van der Waals surface area contributed by atoms with Gasteiger partial charge in [-0.1, -0.05) is 51.1 Å². The van der Waals surface area contributed by atoms with Crippen molar-refractivity contribution in [3.05, 3.63) is 35.9 Å². The number of nitrogens with zero attached hydrogens (tertiary/aromatic N) is 1. The van der Waals surface area contributed by atoms with E-state index in [2.05, 4.69) is 0 Å². The molecule has 4 aliphatic rings. The number of rotatable bonds is 7. The van der Waals surface area contributed by atoms with Crippen LogP contribution in [-0.2, 0) is 30.4 Å². The largest absolute Gasteiger partial charge is 0.467 e. The highest BCUT2D eigenvalue weighted by molar-refractivity contribution is 5.84. The van der Waals surface area contributed by atoms with Gasteiger partial charge in [-0.05, 0) is 55.9 Å². The Morgan fingerprint density at radius 1 is 1.15 bits per heavy atom. The number of benzene rings is 1. The van der Waals surface area contributed by atoms with Crippen molar-refractivity contribution in [2.75, 3.05) is 6.61 Å². The van der Waals surface area contributed by atoms with E-state index in [4.69, 9.17) is 14.2 Å². The highest BCUT2D eigenvalue weighted by Gasteiger charge is 2.56. The quantitative estimate of drug-likeness (QED) is 0.331. The molecule has 1 aromatic rings. The van der Waals surface area contributed by atoms with Gasteiger partial charge in [0.15, 0.2) is 6.23 Å². The topological polar surface area (TPSA) is 82.1 Å². The number of hydrogen-bond donors (Lipinski definition) is 0. The summed E-state index contributed by atoms with van der Waals surface area (Å²) in [4.78, 5) is 38.5. The third-order valence-corrected chi connectivity index (χ3v) is 7.68. The molecule has 0 spiro atoms. The van der Waals surface area contributed by atoms with Gasteiger partial charge in [-0.25, -0.2) is 9.59 Å². The Balaban J connectivity index is 1.55. The monoisotopic (exact) mass is 458 g/mol. The summed E-state index contributed by atoms with van der Waals surface area (Å²) < 4.78 is 25.7. The Bertz CT molecular complexity index is 904. The third kappa shape index (κ3) is 4.87. The van der Waals surface area contributed by atoms with E-state index in [0.717, 1.165) is 44.1 Å². The van der Waals surface area contributed by atoms with Gasteiger partial charge in [0.25, 0.3) is 6.47 Å². The summed E-state index contributed by atoms with van der Waals surface area (Å²) in [6.45, 7) is 6.63. The van der Waals surface area contributed by atoms with E-state index in [-0.39, 0.29) is 23.9 Å². The molecule has 33 heavy (non-hydrogen) atoms. The van der Waals surface area contributed by atoms with Crippen LogP contribution in [0.4, 0.5) is 4.79 Å². The first-order chi connectivity index (χ1) is 16.0. The fourth-order valence-electron chi connectivity index (χ4n) is 5.57. The third-order valence-electron chi connectivity index (χ3n) is 7.68. The number of esters is 1. The van der Waals surface area contributed by atoms with Gasteiger partial charge in [0.05, 0.1) is 7.98 Å². The number of ether oxygens (including phenoxy) is 3. The van der Waals surface area contributed by atoms with Crippen molar-refractivity contribution < 1.29 is 30.0 Å². The molecule has 2 bridgehead atoms. The Morgan fingerprint density at radius 2 is 1.76 bits per heavy atom. The van der Waals surface area contributed by atoms with Crippen LogP contribution < -0.4 is 0 Å². The second-order valence-electron chi connectivity index (χ2n) is 11.1. The summed E-state index contributed by atoms with van der Waals surface area (Å²) in [7, 11) is 0. The molecule has 1 amide bonds. The van der Waals surface area contributed by atoms with Crippen LogP contribution in [0.3, 0.4) is 0 Å². The molecule has 0 unspecified atom stereocenters. The van der Waals surface area contributed by atoms with Gasteiger partial charge in [0.1, 0.15) is 12.6 Å². The fourth-order valence-corrected chi connectivity index (χ4v) is 5.57. The predicted molar refractivity (Wildman–Crippen MR) is 121 cm³/mol. The Kier molecular flexibility index (Phi) is 6.06. The predicted octanol–water partition coefficient (Wildman–Crippen LogP) is 4.83. The summed E-state index contributed by atoms with van der Waals surface area (Å²) >= 11 is 0. The molecule has 1 saturated heterocycles. The lowest BCUT2D eigenvalue weighted by Gasteiger charge is -2.54. The highest BCUT2D eigenvalue weighted by Crippen LogP contribution is 2.59. The van der Waals surface area contributed by atoms with E-state index in [1.54, 1.807) is 0 Å². The minimum atomic E-state index is -1.84. The molecule has 1 aromatic carbocycles. The minimum Gasteiger partial charge on any atom is -0.467 e. The van der Waals surface area contributed by atoms with Crippen molar-refractivity contribution >= 4 is 18.5 Å². The molecular weight excluding hydrogens is 422 g/mol. The molecule has 0 radical (unpaired) electrons. The minimum absolute atomic E-state index is 0.00369. The van der Waals surface area contributed by atoms with Crippen LogP contribution in [-0.4, -0.2) is 42.3 Å². The number of carbonyl (C=O) groups is 3. The molecule has 0 N–H and O–H groups in total. The van der Waals surface area contributed by atoms with Crippen LogP contribution in [0.25, 0.3) is 0 Å². The molecule has 7 heteroatoms. The van der Waals surface area contributed by atoms with Crippen molar-refractivity contribution in [2.24, 2.45) is 16.2 Å². The molecule has 3 saturated carbocycles. The standard InChI is InChI=1S/C26H35NO6/c1-24(2,3)22-27(23(30)32-16-19-7-5-4-6-8-19)20(21(29)33-22)15-25-9-12-26(13-10-25,14-11-25)17-31-18-28/h4-8,18,20,22H,9-17H2,1-3H3/t20-,22-,25?,26?/m0/s1/i20D. The van der Waals surface area contributed by atoms with E-state index in [0.29, 0.717) is 13.1 Å². The van der Waals surface area contributed by atoms with Crippen LogP contribution in [0.15, 0.2) is 30.3 Å². The first-order valence-corrected chi connectivity index (χ1v) is 11.8. The maximum Gasteiger partial charge on any atom is 0.413 e. The molecule has 5 rings (SSSR count). The zero-order valence-electron chi connectivity index (χ0n) is 20.8. The number of fused-ring (bicyclic) bond motifs is 3. The number of hydrogen-bond acceptors (Lipinski definition) is 6. The number of carbonyl (C=O) groups excluding carboxylic acids is 3. The van der Waals surface area contributed by atoms with Crippen LogP contribution in [0, 0.1) is 16.2 Å². The van der Waals surface area contributed by atoms with Crippen LogP contribution in [0.2, 0.25) is 0 Å². The highest BCUT2D eigenvalue weighted by atomic mass is 16.6. The zero-order valence-corrected chi connectivity index (χ0v) is 19.8. The maximum atomic E-state index is 13.4. The molecule has 1 aliphatic heterocycles. The van der Waals surface area contributed by atoms with E-state index >= 15 is 0 Å². The molecular formula is C26H35NO6. The van der Waals surface area contributed by atoms with E-state index in [1.807, 2.05) is 51.1 Å². The van der Waals surface area contributed by atoms with Crippen molar-refractivity contribution in [3.8, 4) is 0 Å². The van der Waals surface area contributed by atoms with E-state index in [9.17, 15) is 15.8 Å². The summed E-state index contributed by atoms with van der Waals surface area (Å²) in [5, 5.41) is 0. The van der Waals surface area contributed by atoms with E-state index in [1.165, 1.54) is 4.90 Å². The number of amides is 1. The van der Waals surface area contributed by atoms with Crippen LogP contribution >= 0.6 is 0 Å². The van der Waals surface area contributed by atoms with Gasteiger partial charge < -0.3 is 14.2 Å². The Labute approximate surface area is 197 Å². The van der Waals surface area contributed by atoms with Gasteiger partial charge >= 0.3 is 12.1 Å². The molecule has 2 atom stereocenters. The lowest BCUT2D eigenvalue weighted by atomic mass is 9.52. The van der Waals surface area contributed by atoms with Gasteiger partial charge in [0.2, 0.25) is 0 Å². The average Bonchev–Trinajstić information content (AvgIpc) is 3.08. The van der Waals surface area contributed by atoms with Gasteiger partial charge in [-0.3, -0.25) is 9.69 Å². The second-order valence-corrected chi connectivity index (χ2v) is 11.1. The van der Waals surface area contributed by atoms with Gasteiger partial charge in [0, 0.05) is 10.8 Å². The van der Waals surface area contributed by atoms with Gasteiger partial charge in [-0.15, -0.1) is 0 Å². The van der Waals surface area contributed by atoms with Crippen molar-refractivity contribution in [1.29, 1.82) is 0 Å². The lowest BCUT2D eigenvalue weighted by molar-refractivity contribution is -0.148. The summed E-state index contributed by atoms with van der Waals surface area (Å²) in [5.74, 6) is -0.690. The first kappa shape index (κ1) is 22.2. The van der Waals surface area contributed by atoms with E-state index < -0.39 is 29.7 Å². The van der Waals surface area contributed by atoms with Crippen LogP contribution in [0.5, 0.6) is 0 Å². The fraction of sp³-hybridized carbons (Fsp3) is 0.654. The second kappa shape index (κ2) is 8.99. The molecule has 0 aromatic heterocycles. The lowest BCUT2D eigenvalue weighted by Crippen LogP contribution is -2.51. The maximum absolute atomic E-state index is 13.4. The van der Waals surface area contributed by atoms with Crippen molar-refractivity contribution in [1.82, 2.24) is 4.90 Å². The average molecular weight is 459 g/mol. The number of cyclic esters (lactones) is 1. The van der Waals surface area contributed by atoms with Gasteiger partial charge in [-0.2, -0.15) is 0 Å². The summed E-state index contributed by atoms with van der Waals surface area (Å²) in [6, 6.07) is 7.49. The smallest absolute Gasteiger partial charge is 0.413 e. The molecule has 4 fully saturated rings. The molecule has 3 aliphatic carbocycles. The first-order valence-electron chi connectivity index (χ1n) is 12.3.